The van der Waals surface area contributed by atoms with E-state index >= 15 is 0 Å². The summed E-state index contributed by atoms with van der Waals surface area (Å²) < 4.78 is 16.9. The Kier molecular flexibility index (Phi) is 6.77. The number of piperidine rings is 1. The lowest BCUT2D eigenvalue weighted by Gasteiger charge is -2.36. The molecule has 2 N–H and O–H groups in total. The highest BCUT2D eigenvalue weighted by atomic mass is 35.5. The number of carbonyl (C=O) groups is 1. The normalized spacial score (nSPS) is 18.6. The van der Waals surface area contributed by atoms with Crippen LogP contribution in [0.1, 0.15) is 32.3 Å². The van der Waals surface area contributed by atoms with Crippen LogP contribution in [0.15, 0.2) is 18.2 Å². The Bertz CT molecular complexity index is 630. The molecule has 2 aliphatic rings. The average Bonchev–Trinajstić information content (AvgIpc) is 2.66. The third kappa shape index (κ3) is 4.24. The molecule has 1 fully saturated rings. The van der Waals surface area contributed by atoms with Crippen LogP contribution >= 0.6 is 12.4 Å². The molecular formula is C19H29ClN2O4. The van der Waals surface area contributed by atoms with Crippen LogP contribution in [0.5, 0.6) is 11.5 Å². The molecule has 2 heterocycles. The molecule has 0 aromatic heterocycles. The maximum Gasteiger partial charge on any atom is 0.252 e. The van der Waals surface area contributed by atoms with Gasteiger partial charge in [-0.25, -0.2) is 0 Å². The largest absolute Gasteiger partial charge is 0.486 e. The highest BCUT2D eigenvalue weighted by Gasteiger charge is 2.40. The Morgan fingerprint density at radius 2 is 1.88 bits per heavy atom. The molecule has 6 nitrogen and oxygen atoms in total. The van der Waals surface area contributed by atoms with Gasteiger partial charge in [-0.1, -0.05) is 19.9 Å². The molecule has 1 aromatic carbocycles. The lowest BCUT2D eigenvalue weighted by molar-refractivity contribution is -0.146. The van der Waals surface area contributed by atoms with Crippen molar-refractivity contribution >= 4 is 18.3 Å². The van der Waals surface area contributed by atoms with Crippen LogP contribution in [0.2, 0.25) is 0 Å². The van der Waals surface area contributed by atoms with E-state index in [0.717, 1.165) is 30.2 Å². The molecule has 0 unspecified atom stereocenters. The van der Waals surface area contributed by atoms with Crippen LogP contribution < -0.4 is 20.1 Å². The summed E-state index contributed by atoms with van der Waals surface area (Å²) in [6.45, 7) is 7.50. The lowest BCUT2D eigenvalue weighted by Crippen LogP contribution is -2.55. The van der Waals surface area contributed by atoms with Crippen molar-refractivity contribution in [3.05, 3.63) is 23.8 Å². The Balaban J connectivity index is 0.00000243. The number of rotatable bonds is 5. The number of halogens is 1. The number of nitrogens with one attached hydrogen (secondary N) is 2. The second-order valence-corrected chi connectivity index (χ2v) is 7.37. The molecule has 2 aliphatic heterocycles. The first kappa shape index (κ1) is 20.8. The van der Waals surface area contributed by atoms with E-state index in [-0.39, 0.29) is 23.7 Å². The maximum atomic E-state index is 12.8. The van der Waals surface area contributed by atoms with Crippen molar-refractivity contribution in [1.29, 1.82) is 0 Å². The summed E-state index contributed by atoms with van der Waals surface area (Å²) in [4.78, 5) is 12.8. The fourth-order valence-electron chi connectivity index (χ4n) is 3.38. The second-order valence-electron chi connectivity index (χ2n) is 7.37. The van der Waals surface area contributed by atoms with Crippen molar-refractivity contribution in [3.63, 3.8) is 0 Å². The third-order valence-corrected chi connectivity index (χ3v) is 5.23. The second kappa shape index (κ2) is 8.46. The predicted octanol–water partition coefficient (Wildman–Crippen LogP) is 2.04. The van der Waals surface area contributed by atoms with Gasteiger partial charge in [0.1, 0.15) is 18.8 Å². The van der Waals surface area contributed by atoms with Crippen molar-refractivity contribution < 1.29 is 19.0 Å². The molecule has 1 saturated heterocycles. The van der Waals surface area contributed by atoms with Crippen LogP contribution in [-0.4, -0.2) is 51.5 Å². The summed E-state index contributed by atoms with van der Waals surface area (Å²) in [5.41, 5.74) is 0.162. The van der Waals surface area contributed by atoms with E-state index in [1.165, 1.54) is 0 Å². The smallest absolute Gasteiger partial charge is 0.252 e. The molecule has 0 aliphatic carbocycles. The van der Waals surface area contributed by atoms with Crippen LogP contribution in [-0.2, 0) is 14.9 Å². The van der Waals surface area contributed by atoms with E-state index < -0.39 is 5.60 Å². The van der Waals surface area contributed by atoms with Gasteiger partial charge in [-0.2, -0.15) is 0 Å². The minimum atomic E-state index is -0.714. The molecule has 1 amide bonds. The Hall–Kier alpha value is -1.50. The predicted molar refractivity (Wildman–Crippen MR) is 103 cm³/mol. The van der Waals surface area contributed by atoms with E-state index in [1.807, 2.05) is 18.2 Å². The molecule has 0 atom stereocenters. The molecule has 146 valence electrons. The van der Waals surface area contributed by atoms with Gasteiger partial charge in [0.05, 0.1) is 0 Å². The molecule has 1 aromatic rings. The van der Waals surface area contributed by atoms with E-state index in [1.54, 1.807) is 7.11 Å². The van der Waals surface area contributed by atoms with E-state index in [4.69, 9.17) is 14.2 Å². The van der Waals surface area contributed by atoms with Gasteiger partial charge < -0.3 is 24.8 Å². The molecule has 3 rings (SSSR count). The summed E-state index contributed by atoms with van der Waals surface area (Å²) >= 11 is 0. The van der Waals surface area contributed by atoms with Crippen LogP contribution in [0.4, 0.5) is 0 Å². The van der Waals surface area contributed by atoms with Gasteiger partial charge in [0, 0.05) is 19.1 Å². The number of carbonyl (C=O) groups excluding carboxylic acids is 1. The number of hydrogen-bond donors (Lipinski definition) is 2. The Morgan fingerprint density at radius 3 is 2.54 bits per heavy atom. The topological polar surface area (TPSA) is 68.8 Å². The zero-order valence-corrected chi connectivity index (χ0v) is 16.5. The molecule has 7 heteroatoms. The van der Waals surface area contributed by atoms with Crippen LogP contribution in [0, 0.1) is 0 Å². The highest BCUT2D eigenvalue weighted by Crippen LogP contribution is 2.35. The maximum absolute atomic E-state index is 12.8. The molecule has 0 bridgehead atoms. The Labute approximate surface area is 161 Å². The first-order valence-corrected chi connectivity index (χ1v) is 8.91. The number of hydrogen-bond acceptors (Lipinski definition) is 5. The van der Waals surface area contributed by atoms with Gasteiger partial charge in [-0.05, 0) is 43.6 Å². The number of methoxy groups -OCH3 is 1. The number of fused-ring (bicyclic) bond motifs is 1. The molecule has 0 spiro atoms. The quantitative estimate of drug-likeness (QED) is 0.813. The van der Waals surface area contributed by atoms with E-state index in [0.29, 0.717) is 32.6 Å². The van der Waals surface area contributed by atoms with Gasteiger partial charge in [0.15, 0.2) is 11.5 Å². The molecule has 0 radical (unpaired) electrons. The van der Waals surface area contributed by atoms with Crippen LogP contribution in [0.3, 0.4) is 0 Å². The summed E-state index contributed by atoms with van der Waals surface area (Å²) in [7, 11) is 1.62. The first-order valence-electron chi connectivity index (χ1n) is 8.91. The molecule has 26 heavy (non-hydrogen) atoms. The van der Waals surface area contributed by atoms with Gasteiger partial charge >= 0.3 is 0 Å². The van der Waals surface area contributed by atoms with E-state index in [9.17, 15) is 4.79 Å². The fourth-order valence-corrected chi connectivity index (χ4v) is 3.38. The zero-order valence-electron chi connectivity index (χ0n) is 15.7. The van der Waals surface area contributed by atoms with Crippen molar-refractivity contribution in [2.75, 3.05) is 40.0 Å². The van der Waals surface area contributed by atoms with Gasteiger partial charge in [-0.3, -0.25) is 4.79 Å². The lowest BCUT2D eigenvalue weighted by atomic mass is 9.83. The molecule has 0 saturated carbocycles. The number of benzene rings is 1. The van der Waals surface area contributed by atoms with E-state index in [2.05, 4.69) is 24.5 Å². The number of ether oxygens (including phenoxy) is 3. The minimum Gasteiger partial charge on any atom is -0.486 e. The number of amides is 1. The van der Waals surface area contributed by atoms with Gasteiger partial charge in [0.2, 0.25) is 0 Å². The minimum absolute atomic E-state index is 0. The van der Waals surface area contributed by atoms with Crippen molar-refractivity contribution in [2.45, 2.75) is 37.7 Å². The fraction of sp³-hybridized carbons (Fsp3) is 0.632. The summed E-state index contributed by atoms with van der Waals surface area (Å²) in [5, 5.41) is 6.37. The molecular weight excluding hydrogens is 356 g/mol. The summed E-state index contributed by atoms with van der Waals surface area (Å²) in [5.74, 6) is 1.53. The van der Waals surface area contributed by atoms with Crippen molar-refractivity contribution in [1.82, 2.24) is 10.6 Å². The monoisotopic (exact) mass is 384 g/mol. The van der Waals surface area contributed by atoms with Gasteiger partial charge in [-0.15, -0.1) is 12.4 Å². The standard InChI is InChI=1S/C19H28N2O4.ClH/c1-18(2,14-4-5-15-16(12-14)25-11-10-24-15)13-21-17(22)19(23-3)6-8-20-9-7-19;/h4-5,12,20H,6-11,13H2,1-3H3,(H,21,22);1H. The first-order chi connectivity index (χ1) is 12.0. The van der Waals surface area contributed by atoms with Crippen molar-refractivity contribution in [3.8, 4) is 11.5 Å². The summed E-state index contributed by atoms with van der Waals surface area (Å²) in [6, 6.07) is 5.99. The van der Waals surface area contributed by atoms with Gasteiger partial charge in [0.25, 0.3) is 5.91 Å². The summed E-state index contributed by atoms with van der Waals surface area (Å²) in [6.07, 6.45) is 1.39. The SMILES string of the molecule is COC1(C(=O)NCC(C)(C)c2ccc3c(c2)OCCO3)CCNCC1.Cl. The highest BCUT2D eigenvalue weighted by molar-refractivity contribution is 5.85. The van der Waals surface area contributed by atoms with Crippen LogP contribution in [0.25, 0.3) is 0 Å². The third-order valence-electron chi connectivity index (χ3n) is 5.23. The zero-order chi connectivity index (χ0) is 17.9. The average molecular weight is 385 g/mol. The van der Waals surface area contributed by atoms with Crippen molar-refractivity contribution in [2.24, 2.45) is 0 Å². The Morgan fingerprint density at radius 1 is 1.23 bits per heavy atom.